The topological polar surface area (TPSA) is 48.8 Å². The van der Waals surface area contributed by atoms with E-state index in [1.807, 2.05) is 18.6 Å². The van der Waals surface area contributed by atoms with E-state index in [0.29, 0.717) is 13.2 Å². The molecule has 3 aromatic rings. The summed E-state index contributed by atoms with van der Waals surface area (Å²) >= 11 is 0. The molecule has 0 amide bonds. The van der Waals surface area contributed by atoms with E-state index >= 15 is 0 Å². The molecule has 0 bridgehead atoms. The molecule has 0 saturated carbocycles. The van der Waals surface area contributed by atoms with Gasteiger partial charge in [-0.15, -0.1) is 0 Å². The van der Waals surface area contributed by atoms with Crippen LogP contribution in [0.2, 0.25) is 0 Å². The van der Waals surface area contributed by atoms with Crippen LogP contribution in [0.5, 0.6) is 11.5 Å². The van der Waals surface area contributed by atoms with Crippen molar-refractivity contribution in [1.82, 2.24) is 14.5 Å². The van der Waals surface area contributed by atoms with E-state index in [9.17, 15) is 4.39 Å². The van der Waals surface area contributed by atoms with Crippen molar-refractivity contribution in [3.63, 3.8) is 0 Å². The van der Waals surface area contributed by atoms with Gasteiger partial charge < -0.3 is 18.8 Å². The van der Waals surface area contributed by atoms with Gasteiger partial charge in [-0.05, 0) is 62.1 Å². The van der Waals surface area contributed by atoms with Crippen LogP contribution < -0.4 is 9.47 Å². The zero-order chi connectivity index (χ0) is 23.6. The summed E-state index contributed by atoms with van der Waals surface area (Å²) in [7, 11) is 1.73. The number of imidazole rings is 1. The summed E-state index contributed by atoms with van der Waals surface area (Å²) in [5.74, 6) is 0.845. The Kier molecular flexibility index (Phi) is 8.55. The standard InChI is InChI=1S/C27H34FN3O3/c1-32-27(21-34-26-10-3-2-9-25(26)28)11-5-14-30(16-12-27)20-23-7-4-8-24(19-23)33-18-6-15-31-17-13-29-22-31/h2-4,7-10,13,17,19,22H,5-6,11-12,14-16,18,20-21H2,1H3/t27-/m1/s1. The lowest BCUT2D eigenvalue weighted by Crippen LogP contribution is -2.39. The minimum absolute atomic E-state index is 0.280. The molecule has 6 nitrogen and oxygen atoms in total. The maximum Gasteiger partial charge on any atom is 0.165 e. The molecule has 7 heteroatoms. The minimum atomic E-state index is -0.406. The van der Waals surface area contributed by atoms with Crippen LogP contribution in [0.1, 0.15) is 31.2 Å². The molecule has 0 radical (unpaired) electrons. The number of ether oxygens (including phenoxy) is 3. The number of hydrogen-bond acceptors (Lipinski definition) is 5. The highest BCUT2D eigenvalue weighted by Crippen LogP contribution is 2.29. The van der Waals surface area contributed by atoms with E-state index in [1.165, 1.54) is 11.6 Å². The van der Waals surface area contributed by atoms with Gasteiger partial charge in [0.1, 0.15) is 18.0 Å². The average Bonchev–Trinajstić information content (AvgIpc) is 3.30. The lowest BCUT2D eigenvalue weighted by Gasteiger charge is -2.31. The van der Waals surface area contributed by atoms with Crippen LogP contribution in [0, 0.1) is 5.82 Å². The number of methoxy groups -OCH3 is 1. The summed E-state index contributed by atoms with van der Waals surface area (Å²) in [5, 5.41) is 0. The largest absolute Gasteiger partial charge is 0.494 e. The Morgan fingerprint density at radius 2 is 1.97 bits per heavy atom. The number of para-hydroxylation sites is 1. The first kappa shape index (κ1) is 24.2. The number of hydrogen-bond donors (Lipinski definition) is 0. The van der Waals surface area contributed by atoms with E-state index < -0.39 is 5.60 Å². The third-order valence-electron chi connectivity index (χ3n) is 6.44. The van der Waals surface area contributed by atoms with Gasteiger partial charge in [-0.3, -0.25) is 4.90 Å². The highest BCUT2D eigenvalue weighted by molar-refractivity contribution is 5.28. The molecule has 4 rings (SSSR count). The Morgan fingerprint density at radius 1 is 1.06 bits per heavy atom. The molecule has 1 aromatic heterocycles. The van der Waals surface area contributed by atoms with Crippen LogP contribution in [-0.2, 0) is 17.8 Å². The lowest BCUT2D eigenvalue weighted by atomic mass is 9.95. The molecule has 1 aliphatic heterocycles. The van der Waals surface area contributed by atoms with Gasteiger partial charge in [-0.25, -0.2) is 9.37 Å². The predicted octanol–water partition coefficient (Wildman–Crippen LogP) is 4.94. The van der Waals surface area contributed by atoms with Crippen molar-refractivity contribution in [3.8, 4) is 11.5 Å². The molecular weight excluding hydrogens is 433 g/mol. The Labute approximate surface area is 201 Å². The molecule has 2 heterocycles. The van der Waals surface area contributed by atoms with E-state index in [-0.39, 0.29) is 11.6 Å². The molecule has 182 valence electrons. The first-order valence-corrected chi connectivity index (χ1v) is 12.0. The monoisotopic (exact) mass is 467 g/mol. The van der Waals surface area contributed by atoms with E-state index in [0.717, 1.165) is 57.6 Å². The number of aromatic nitrogens is 2. The second kappa shape index (κ2) is 12.0. The molecule has 0 N–H and O–H groups in total. The Bertz CT molecular complexity index is 1010. The number of halogens is 1. The summed E-state index contributed by atoms with van der Waals surface area (Å²) < 4.78 is 33.7. The van der Waals surface area contributed by atoms with Crippen molar-refractivity contribution in [2.24, 2.45) is 0 Å². The highest BCUT2D eigenvalue weighted by Gasteiger charge is 2.34. The zero-order valence-electron chi connectivity index (χ0n) is 19.9. The van der Waals surface area contributed by atoms with Gasteiger partial charge in [0, 0.05) is 39.1 Å². The molecule has 1 fully saturated rings. The third-order valence-corrected chi connectivity index (χ3v) is 6.44. The molecule has 2 aromatic carbocycles. The second-order valence-electron chi connectivity index (χ2n) is 8.89. The SMILES string of the molecule is CO[C@]1(COc2ccccc2F)CCCN(Cc2cccc(OCCCn3ccnc3)c2)CC1. The van der Waals surface area contributed by atoms with Gasteiger partial charge in [0.05, 0.1) is 12.9 Å². The number of benzene rings is 2. The van der Waals surface area contributed by atoms with Gasteiger partial charge in [0.2, 0.25) is 0 Å². The zero-order valence-corrected chi connectivity index (χ0v) is 19.9. The molecule has 0 unspecified atom stereocenters. The van der Waals surface area contributed by atoms with E-state index in [4.69, 9.17) is 14.2 Å². The number of likely N-dealkylation sites (tertiary alicyclic amines) is 1. The van der Waals surface area contributed by atoms with Crippen molar-refractivity contribution >= 4 is 0 Å². The van der Waals surface area contributed by atoms with Crippen LogP contribution >= 0.6 is 0 Å². The summed E-state index contributed by atoms with van der Waals surface area (Å²) in [6, 6.07) is 14.9. The minimum Gasteiger partial charge on any atom is -0.494 e. The van der Waals surface area contributed by atoms with Gasteiger partial charge in [-0.2, -0.15) is 0 Å². The molecule has 1 saturated heterocycles. The Morgan fingerprint density at radius 3 is 2.79 bits per heavy atom. The third kappa shape index (κ3) is 6.81. The number of aryl methyl sites for hydroxylation is 1. The highest BCUT2D eigenvalue weighted by atomic mass is 19.1. The van der Waals surface area contributed by atoms with Crippen molar-refractivity contribution < 1.29 is 18.6 Å². The fourth-order valence-corrected chi connectivity index (χ4v) is 4.41. The van der Waals surface area contributed by atoms with Gasteiger partial charge in [-0.1, -0.05) is 24.3 Å². The summed E-state index contributed by atoms with van der Waals surface area (Å²) in [5.41, 5.74) is 0.830. The number of rotatable bonds is 11. The van der Waals surface area contributed by atoms with Gasteiger partial charge >= 0.3 is 0 Å². The lowest BCUT2D eigenvalue weighted by molar-refractivity contribution is -0.0548. The molecule has 1 aliphatic rings. The van der Waals surface area contributed by atoms with Crippen molar-refractivity contribution in [2.45, 2.75) is 44.4 Å². The van der Waals surface area contributed by atoms with Crippen LogP contribution in [0.3, 0.4) is 0 Å². The van der Waals surface area contributed by atoms with Crippen LogP contribution in [0.25, 0.3) is 0 Å². The average molecular weight is 468 g/mol. The van der Waals surface area contributed by atoms with E-state index in [1.54, 1.807) is 31.5 Å². The molecule has 34 heavy (non-hydrogen) atoms. The molecule has 0 spiro atoms. The predicted molar refractivity (Wildman–Crippen MR) is 130 cm³/mol. The summed E-state index contributed by atoms with van der Waals surface area (Å²) in [6.07, 6.45) is 9.23. The van der Waals surface area contributed by atoms with Crippen molar-refractivity contribution in [3.05, 3.63) is 78.6 Å². The fourth-order valence-electron chi connectivity index (χ4n) is 4.41. The van der Waals surface area contributed by atoms with Gasteiger partial charge in [0.25, 0.3) is 0 Å². The van der Waals surface area contributed by atoms with Crippen LogP contribution in [0.4, 0.5) is 4.39 Å². The van der Waals surface area contributed by atoms with Crippen LogP contribution in [0.15, 0.2) is 67.3 Å². The van der Waals surface area contributed by atoms with Crippen molar-refractivity contribution in [2.75, 3.05) is 33.4 Å². The van der Waals surface area contributed by atoms with Crippen molar-refractivity contribution in [1.29, 1.82) is 0 Å². The van der Waals surface area contributed by atoms with E-state index in [2.05, 4.69) is 32.7 Å². The molecule has 1 atom stereocenters. The molecule has 0 aliphatic carbocycles. The smallest absolute Gasteiger partial charge is 0.165 e. The normalized spacial score (nSPS) is 19.0. The first-order chi connectivity index (χ1) is 16.7. The Hall–Kier alpha value is -2.90. The van der Waals surface area contributed by atoms with Gasteiger partial charge in [0.15, 0.2) is 11.6 Å². The maximum absolute atomic E-state index is 14.0. The second-order valence-corrected chi connectivity index (χ2v) is 8.89. The maximum atomic E-state index is 14.0. The summed E-state index contributed by atoms with van der Waals surface area (Å²) in [4.78, 5) is 6.51. The first-order valence-electron chi connectivity index (χ1n) is 12.0. The summed E-state index contributed by atoms with van der Waals surface area (Å²) in [6.45, 7) is 4.66. The van der Waals surface area contributed by atoms with Crippen LogP contribution in [-0.4, -0.2) is 53.5 Å². The Balaban J connectivity index is 1.26. The quantitative estimate of drug-likeness (QED) is 0.374. The fraction of sp³-hybridized carbons (Fsp3) is 0.444. The molecular formula is C27H34FN3O3. The number of nitrogens with zero attached hydrogens (tertiary/aromatic N) is 3.